The van der Waals surface area contributed by atoms with Crippen molar-refractivity contribution in [2.24, 2.45) is 4.99 Å². The second-order valence-electron chi connectivity index (χ2n) is 4.31. The lowest BCUT2D eigenvalue weighted by atomic mass is 10.0. The molecule has 0 spiro atoms. The van der Waals surface area contributed by atoms with Gasteiger partial charge in [-0.3, -0.25) is 0 Å². The summed E-state index contributed by atoms with van der Waals surface area (Å²) in [6.45, 7) is 0.788. The zero-order valence-electron chi connectivity index (χ0n) is 9.33. The normalized spacial score (nSPS) is 19.0. The van der Waals surface area contributed by atoms with Gasteiger partial charge in [0, 0.05) is 6.07 Å². The maximum Gasteiger partial charge on any atom is 0.235 e. The quantitative estimate of drug-likeness (QED) is 0.623. The summed E-state index contributed by atoms with van der Waals surface area (Å²) in [6, 6.07) is 1.54. The van der Waals surface area contributed by atoms with Gasteiger partial charge in [0.2, 0.25) is 6.08 Å². The van der Waals surface area contributed by atoms with Crippen LogP contribution in [0.5, 0.6) is 11.5 Å². The minimum absolute atomic E-state index is 0.286. The van der Waals surface area contributed by atoms with E-state index >= 15 is 0 Å². The SMILES string of the molecule is O=C=NC1(c2c(F)c(Br)cc3c2OCCO3)CC1. The predicted molar refractivity (Wildman–Crippen MR) is 64.1 cm³/mol. The largest absolute Gasteiger partial charge is 0.486 e. The summed E-state index contributed by atoms with van der Waals surface area (Å²) in [6.07, 6.45) is 2.75. The molecule has 1 saturated carbocycles. The van der Waals surface area contributed by atoms with Crippen molar-refractivity contribution in [2.75, 3.05) is 13.2 Å². The smallest absolute Gasteiger partial charge is 0.235 e. The van der Waals surface area contributed by atoms with Gasteiger partial charge >= 0.3 is 0 Å². The maximum absolute atomic E-state index is 14.3. The highest BCUT2D eigenvalue weighted by Gasteiger charge is 2.50. The summed E-state index contributed by atoms with van der Waals surface area (Å²) < 4.78 is 25.5. The fourth-order valence-corrected chi connectivity index (χ4v) is 2.58. The van der Waals surface area contributed by atoms with Crippen LogP contribution in [0.25, 0.3) is 0 Å². The second-order valence-corrected chi connectivity index (χ2v) is 5.16. The van der Waals surface area contributed by atoms with E-state index in [1.165, 1.54) is 12.1 Å². The van der Waals surface area contributed by atoms with Crippen LogP contribution in [0.1, 0.15) is 18.4 Å². The van der Waals surface area contributed by atoms with Gasteiger partial charge in [0.05, 0.1) is 10.0 Å². The molecule has 0 bridgehead atoms. The number of halogens is 2. The number of hydrogen-bond acceptors (Lipinski definition) is 4. The summed E-state index contributed by atoms with van der Waals surface area (Å²) >= 11 is 3.15. The maximum atomic E-state index is 14.3. The van der Waals surface area contributed by atoms with Crippen LogP contribution in [-0.2, 0) is 10.3 Å². The van der Waals surface area contributed by atoms with Crippen LogP contribution in [0, 0.1) is 5.82 Å². The number of rotatable bonds is 2. The molecule has 1 aliphatic carbocycles. The monoisotopic (exact) mass is 313 g/mol. The standard InChI is InChI=1S/C12H9BrFNO3/c13-7-5-8-11(18-4-3-17-8)9(10(7)14)12(1-2-12)15-6-16/h5H,1-4H2. The van der Waals surface area contributed by atoms with Gasteiger partial charge in [0.15, 0.2) is 11.5 Å². The first-order chi connectivity index (χ1) is 8.68. The zero-order valence-corrected chi connectivity index (χ0v) is 10.9. The third kappa shape index (κ3) is 1.64. The third-order valence-electron chi connectivity index (χ3n) is 3.17. The van der Waals surface area contributed by atoms with E-state index in [9.17, 15) is 9.18 Å². The zero-order chi connectivity index (χ0) is 12.8. The van der Waals surface area contributed by atoms with Crippen LogP contribution < -0.4 is 9.47 Å². The van der Waals surface area contributed by atoms with E-state index < -0.39 is 11.4 Å². The molecule has 1 aromatic carbocycles. The van der Waals surface area contributed by atoms with Gasteiger partial charge in [-0.25, -0.2) is 9.18 Å². The van der Waals surface area contributed by atoms with E-state index in [0.717, 1.165) is 0 Å². The fourth-order valence-electron chi connectivity index (χ4n) is 2.17. The van der Waals surface area contributed by atoms with Crippen LogP contribution in [0.15, 0.2) is 15.5 Å². The van der Waals surface area contributed by atoms with Crippen molar-refractivity contribution in [1.29, 1.82) is 0 Å². The van der Waals surface area contributed by atoms with Crippen molar-refractivity contribution in [3.8, 4) is 11.5 Å². The lowest BCUT2D eigenvalue weighted by molar-refractivity contribution is 0.167. The molecule has 3 rings (SSSR count). The number of fused-ring (bicyclic) bond motifs is 1. The summed E-state index contributed by atoms with van der Waals surface area (Å²) in [7, 11) is 0. The Balaban J connectivity index is 2.24. The molecule has 0 saturated heterocycles. The first kappa shape index (κ1) is 11.7. The van der Waals surface area contributed by atoms with E-state index in [4.69, 9.17) is 9.47 Å². The first-order valence-electron chi connectivity index (χ1n) is 5.55. The molecule has 0 atom stereocenters. The number of hydrogen-bond donors (Lipinski definition) is 0. The summed E-state index contributed by atoms with van der Waals surface area (Å²) in [5, 5.41) is 0. The van der Waals surface area contributed by atoms with Crippen molar-refractivity contribution in [3.63, 3.8) is 0 Å². The van der Waals surface area contributed by atoms with Crippen LogP contribution in [0.2, 0.25) is 0 Å². The Morgan fingerprint density at radius 2 is 2.11 bits per heavy atom. The van der Waals surface area contributed by atoms with Gasteiger partial charge < -0.3 is 9.47 Å². The minimum Gasteiger partial charge on any atom is -0.486 e. The Hall–Kier alpha value is -1.39. The molecule has 0 unspecified atom stereocenters. The average molecular weight is 314 g/mol. The van der Waals surface area contributed by atoms with Crippen molar-refractivity contribution < 1.29 is 18.7 Å². The molecule has 6 heteroatoms. The predicted octanol–water partition coefficient (Wildman–Crippen LogP) is 2.68. The number of nitrogens with zero attached hydrogens (tertiary/aromatic N) is 1. The third-order valence-corrected chi connectivity index (χ3v) is 3.75. The second kappa shape index (κ2) is 4.07. The molecule has 0 radical (unpaired) electrons. The average Bonchev–Trinajstić information content (AvgIpc) is 3.12. The Kier molecular flexibility index (Phi) is 2.64. The molecule has 0 amide bonds. The first-order valence-corrected chi connectivity index (χ1v) is 6.34. The number of carbonyl (C=O) groups excluding carboxylic acids is 1. The highest BCUT2D eigenvalue weighted by Crippen LogP contribution is 2.56. The van der Waals surface area contributed by atoms with Gasteiger partial charge in [-0.2, -0.15) is 4.99 Å². The van der Waals surface area contributed by atoms with E-state index in [0.29, 0.717) is 43.1 Å². The fraction of sp³-hybridized carbons (Fsp3) is 0.417. The van der Waals surface area contributed by atoms with Crippen molar-refractivity contribution >= 4 is 22.0 Å². The molecule has 0 N–H and O–H groups in total. The molecule has 18 heavy (non-hydrogen) atoms. The Bertz CT molecular complexity index is 565. The molecule has 0 aromatic heterocycles. The number of isocyanates is 1. The van der Waals surface area contributed by atoms with E-state index in [1.54, 1.807) is 0 Å². The van der Waals surface area contributed by atoms with Crippen LogP contribution >= 0.6 is 15.9 Å². The number of benzene rings is 1. The minimum atomic E-state index is -0.819. The van der Waals surface area contributed by atoms with Gasteiger partial charge in [-0.05, 0) is 28.8 Å². The van der Waals surface area contributed by atoms with Gasteiger partial charge in [0.1, 0.15) is 24.6 Å². The van der Waals surface area contributed by atoms with Gasteiger partial charge in [-0.15, -0.1) is 0 Å². The van der Waals surface area contributed by atoms with E-state index in [2.05, 4.69) is 20.9 Å². The van der Waals surface area contributed by atoms with E-state index in [-0.39, 0.29) is 4.47 Å². The van der Waals surface area contributed by atoms with E-state index in [1.807, 2.05) is 0 Å². The molecular formula is C12H9BrFNO3. The molecule has 1 fully saturated rings. The Morgan fingerprint density at radius 1 is 1.39 bits per heavy atom. The Morgan fingerprint density at radius 3 is 2.78 bits per heavy atom. The van der Waals surface area contributed by atoms with Crippen molar-refractivity contribution in [2.45, 2.75) is 18.4 Å². The van der Waals surface area contributed by atoms with Crippen molar-refractivity contribution in [3.05, 3.63) is 21.9 Å². The number of aliphatic imine (C=N–C) groups is 1. The molecule has 1 aliphatic heterocycles. The lowest BCUT2D eigenvalue weighted by Gasteiger charge is -2.24. The van der Waals surface area contributed by atoms with Crippen LogP contribution in [0.3, 0.4) is 0 Å². The van der Waals surface area contributed by atoms with Gasteiger partial charge in [0.25, 0.3) is 0 Å². The summed E-state index contributed by atoms with van der Waals surface area (Å²) in [5.74, 6) is 0.395. The Labute approximate surface area is 111 Å². The lowest BCUT2D eigenvalue weighted by Crippen LogP contribution is -2.20. The highest BCUT2D eigenvalue weighted by atomic mass is 79.9. The molecular weight excluding hydrogens is 305 g/mol. The molecule has 94 valence electrons. The molecule has 1 heterocycles. The topological polar surface area (TPSA) is 47.9 Å². The van der Waals surface area contributed by atoms with Crippen molar-refractivity contribution in [1.82, 2.24) is 0 Å². The van der Waals surface area contributed by atoms with Crippen LogP contribution in [0.4, 0.5) is 4.39 Å². The summed E-state index contributed by atoms with van der Waals surface area (Å²) in [4.78, 5) is 14.2. The molecule has 4 nitrogen and oxygen atoms in total. The molecule has 1 aromatic rings. The molecule has 2 aliphatic rings. The summed E-state index contributed by atoms with van der Waals surface area (Å²) in [5.41, 5.74) is -0.518. The van der Waals surface area contributed by atoms with Crippen LogP contribution in [-0.4, -0.2) is 19.3 Å². The van der Waals surface area contributed by atoms with Gasteiger partial charge in [-0.1, -0.05) is 0 Å². The number of ether oxygens (including phenoxy) is 2. The highest BCUT2D eigenvalue weighted by molar-refractivity contribution is 9.10.